The summed E-state index contributed by atoms with van der Waals surface area (Å²) in [6.07, 6.45) is 10.5. The molecule has 0 radical (unpaired) electrons. The Morgan fingerprint density at radius 1 is 0.952 bits per heavy atom. The molecule has 0 spiro atoms. The Morgan fingerprint density at radius 2 is 1.67 bits per heavy atom. The molecule has 1 aromatic carbocycles. The van der Waals surface area contributed by atoms with Crippen molar-refractivity contribution < 1.29 is 0 Å². The van der Waals surface area contributed by atoms with Gasteiger partial charge in [0.1, 0.15) is 0 Å². The van der Waals surface area contributed by atoms with Crippen molar-refractivity contribution in [2.75, 3.05) is 6.54 Å². The number of nitrogens with one attached hydrogen (secondary N) is 1. The third-order valence-corrected chi connectivity index (χ3v) is 4.17. The van der Waals surface area contributed by atoms with E-state index in [2.05, 4.69) is 38.2 Å². The van der Waals surface area contributed by atoms with Gasteiger partial charge in [0, 0.05) is 11.1 Å². The number of hydrogen-bond donors (Lipinski definition) is 1. The zero-order valence-electron chi connectivity index (χ0n) is 14.1. The van der Waals surface area contributed by atoms with E-state index in [0.29, 0.717) is 6.04 Å². The Hall–Kier alpha value is -0.530. The minimum absolute atomic E-state index is 0.452. The second kappa shape index (κ2) is 11.1. The SMILES string of the molecule is CCCCCCCCC(NCCC)c1cc(C)cc(Cl)c1. The van der Waals surface area contributed by atoms with Crippen LogP contribution in [0.2, 0.25) is 5.02 Å². The van der Waals surface area contributed by atoms with Crippen molar-refractivity contribution in [3.05, 3.63) is 34.3 Å². The average Bonchev–Trinajstić information content (AvgIpc) is 2.44. The van der Waals surface area contributed by atoms with Crippen molar-refractivity contribution in [3.8, 4) is 0 Å². The van der Waals surface area contributed by atoms with E-state index in [1.165, 1.54) is 62.5 Å². The lowest BCUT2D eigenvalue weighted by atomic mass is 9.98. The third kappa shape index (κ3) is 7.87. The molecule has 1 N–H and O–H groups in total. The molecule has 0 fully saturated rings. The lowest BCUT2D eigenvalue weighted by Crippen LogP contribution is -2.22. The largest absolute Gasteiger partial charge is 0.310 e. The molecule has 2 heteroatoms. The summed E-state index contributed by atoms with van der Waals surface area (Å²) in [6, 6.07) is 6.88. The first-order chi connectivity index (χ1) is 10.2. The molecular weight excluding hydrogens is 278 g/mol. The molecule has 0 amide bonds. The molecule has 0 aliphatic heterocycles. The highest BCUT2D eigenvalue weighted by Crippen LogP contribution is 2.25. The lowest BCUT2D eigenvalue weighted by molar-refractivity contribution is 0.466. The van der Waals surface area contributed by atoms with Crippen molar-refractivity contribution in [2.45, 2.75) is 78.2 Å². The minimum Gasteiger partial charge on any atom is -0.310 e. The van der Waals surface area contributed by atoms with Gasteiger partial charge in [-0.05, 0) is 49.6 Å². The van der Waals surface area contributed by atoms with Crippen LogP contribution in [0.1, 0.15) is 82.4 Å². The topological polar surface area (TPSA) is 12.0 Å². The summed E-state index contributed by atoms with van der Waals surface area (Å²) in [5, 5.41) is 4.54. The monoisotopic (exact) mass is 309 g/mol. The maximum absolute atomic E-state index is 6.22. The molecule has 1 rings (SSSR count). The van der Waals surface area contributed by atoms with Gasteiger partial charge in [0.15, 0.2) is 0 Å². The van der Waals surface area contributed by atoms with Crippen molar-refractivity contribution in [3.63, 3.8) is 0 Å². The molecule has 21 heavy (non-hydrogen) atoms. The molecular formula is C19H32ClN. The predicted octanol–water partition coefficient (Wildman–Crippen LogP) is 6.44. The van der Waals surface area contributed by atoms with Gasteiger partial charge >= 0.3 is 0 Å². The Kier molecular flexibility index (Phi) is 9.78. The lowest BCUT2D eigenvalue weighted by Gasteiger charge is -2.20. The molecule has 0 aromatic heterocycles. The van der Waals surface area contributed by atoms with Gasteiger partial charge in [-0.1, -0.05) is 70.0 Å². The summed E-state index contributed by atoms with van der Waals surface area (Å²) in [5.41, 5.74) is 2.60. The van der Waals surface area contributed by atoms with Crippen LogP contribution >= 0.6 is 11.6 Å². The smallest absolute Gasteiger partial charge is 0.0411 e. The Labute approximate surface area is 136 Å². The van der Waals surface area contributed by atoms with Gasteiger partial charge < -0.3 is 5.32 Å². The maximum Gasteiger partial charge on any atom is 0.0411 e. The number of hydrogen-bond acceptors (Lipinski definition) is 1. The van der Waals surface area contributed by atoms with Crippen LogP contribution in [0, 0.1) is 6.92 Å². The molecule has 0 heterocycles. The van der Waals surface area contributed by atoms with E-state index < -0.39 is 0 Å². The summed E-state index contributed by atoms with van der Waals surface area (Å²) in [4.78, 5) is 0. The van der Waals surface area contributed by atoms with E-state index in [9.17, 15) is 0 Å². The molecule has 1 unspecified atom stereocenters. The van der Waals surface area contributed by atoms with Gasteiger partial charge in [0.05, 0.1) is 0 Å². The molecule has 0 saturated carbocycles. The predicted molar refractivity (Wildman–Crippen MR) is 95.2 cm³/mol. The summed E-state index contributed by atoms with van der Waals surface area (Å²) >= 11 is 6.22. The molecule has 0 aliphatic carbocycles. The highest BCUT2D eigenvalue weighted by Gasteiger charge is 2.11. The first-order valence-corrected chi connectivity index (χ1v) is 9.05. The quantitative estimate of drug-likeness (QED) is 0.464. The van der Waals surface area contributed by atoms with Crippen molar-refractivity contribution >= 4 is 11.6 Å². The van der Waals surface area contributed by atoms with E-state index in [4.69, 9.17) is 11.6 Å². The minimum atomic E-state index is 0.452. The Bertz CT molecular complexity index is 369. The molecule has 1 atom stereocenters. The molecule has 0 bridgehead atoms. The van der Waals surface area contributed by atoms with Crippen LogP contribution in [0.5, 0.6) is 0 Å². The summed E-state index contributed by atoms with van der Waals surface area (Å²) in [6.45, 7) is 7.69. The van der Waals surface area contributed by atoms with Crippen LogP contribution < -0.4 is 5.32 Å². The van der Waals surface area contributed by atoms with Crippen LogP contribution in [0.25, 0.3) is 0 Å². The molecule has 1 nitrogen and oxygen atoms in total. The number of rotatable bonds is 11. The maximum atomic E-state index is 6.22. The zero-order valence-corrected chi connectivity index (χ0v) is 14.8. The zero-order chi connectivity index (χ0) is 15.5. The van der Waals surface area contributed by atoms with Gasteiger partial charge in [-0.25, -0.2) is 0 Å². The summed E-state index contributed by atoms with van der Waals surface area (Å²) in [5.74, 6) is 0. The number of unbranched alkanes of at least 4 members (excludes halogenated alkanes) is 5. The van der Waals surface area contributed by atoms with Crippen molar-refractivity contribution in [2.24, 2.45) is 0 Å². The first kappa shape index (κ1) is 18.5. The Morgan fingerprint density at radius 3 is 2.33 bits per heavy atom. The van der Waals surface area contributed by atoms with E-state index in [1.807, 2.05) is 6.07 Å². The van der Waals surface area contributed by atoms with Crippen molar-refractivity contribution in [1.82, 2.24) is 5.32 Å². The normalized spacial score (nSPS) is 12.6. The fraction of sp³-hybridized carbons (Fsp3) is 0.684. The van der Waals surface area contributed by atoms with Gasteiger partial charge in [-0.3, -0.25) is 0 Å². The van der Waals surface area contributed by atoms with Crippen LogP contribution in [-0.4, -0.2) is 6.54 Å². The van der Waals surface area contributed by atoms with Gasteiger partial charge in [0.25, 0.3) is 0 Å². The van der Waals surface area contributed by atoms with E-state index >= 15 is 0 Å². The summed E-state index contributed by atoms with van der Waals surface area (Å²) in [7, 11) is 0. The van der Waals surface area contributed by atoms with Crippen LogP contribution in [0.4, 0.5) is 0 Å². The second-order valence-electron chi connectivity index (χ2n) is 6.13. The first-order valence-electron chi connectivity index (χ1n) is 8.67. The van der Waals surface area contributed by atoms with Crippen LogP contribution in [-0.2, 0) is 0 Å². The highest BCUT2D eigenvalue weighted by molar-refractivity contribution is 6.30. The van der Waals surface area contributed by atoms with Gasteiger partial charge in [-0.15, -0.1) is 0 Å². The van der Waals surface area contributed by atoms with E-state index in [0.717, 1.165) is 11.6 Å². The second-order valence-corrected chi connectivity index (χ2v) is 6.56. The van der Waals surface area contributed by atoms with Crippen molar-refractivity contribution in [1.29, 1.82) is 0 Å². The van der Waals surface area contributed by atoms with E-state index in [1.54, 1.807) is 0 Å². The van der Waals surface area contributed by atoms with Crippen LogP contribution in [0.3, 0.4) is 0 Å². The number of benzene rings is 1. The fourth-order valence-electron chi connectivity index (χ4n) is 2.80. The highest BCUT2D eigenvalue weighted by atomic mass is 35.5. The van der Waals surface area contributed by atoms with Crippen LogP contribution in [0.15, 0.2) is 18.2 Å². The fourth-order valence-corrected chi connectivity index (χ4v) is 3.10. The number of aryl methyl sites for hydroxylation is 1. The average molecular weight is 310 g/mol. The summed E-state index contributed by atoms with van der Waals surface area (Å²) < 4.78 is 0. The molecule has 0 aliphatic rings. The van der Waals surface area contributed by atoms with Gasteiger partial charge in [-0.2, -0.15) is 0 Å². The molecule has 0 saturated heterocycles. The standard InChI is InChI=1S/C19H32ClN/c1-4-6-7-8-9-10-11-19(21-12-5-2)17-13-16(3)14-18(20)15-17/h13-15,19,21H,4-12H2,1-3H3. The van der Waals surface area contributed by atoms with Gasteiger partial charge in [0.2, 0.25) is 0 Å². The Balaban J connectivity index is 2.50. The molecule has 120 valence electrons. The van der Waals surface area contributed by atoms with E-state index in [-0.39, 0.29) is 0 Å². The third-order valence-electron chi connectivity index (χ3n) is 3.95. The number of halogens is 1. The molecule has 1 aromatic rings.